The van der Waals surface area contributed by atoms with E-state index in [1.165, 1.54) is 19.2 Å². The van der Waals surface area contributed by atoms with Crippen LogP contribution in [0.3, 0.4) is 0 Å². The van der Waals surface area contributed by atoms with E-state index in [1.807, 2.05) is 19.1 Å². The van der Waals surface area contributed by atoms with Crippen molar-refractivity contribution in [3.63, 3.8) is 0 Å². The SMILES string of the molecule is Cc1ccccc1CNS(=O)(=O)c1ccc2c(c1)c(C(F)(F)F)cc(=O)n2C. The number of hydrogen-bond donors (Lipinski definition) is 1. The van der Waals surface area contributed by atoms with Gasteiger partial charge in [0.05, 0.1) is 16.0 Å². The molecule has 0 radical (unpaired) electrons. The molecule has 0 fully saturated rings. The standard InChI is InChI=1S/C19H17F3N2O3S/c1-12-5-3-4-6-13(12)11-23-28(26,27)14-7-8-17-15(9-14)16(19(20,21)22)10-18(25)24(17)2/h3-10,23H,11H2,1-2H3. The Balaban J connectivity index is 2.07. The van der Waals surface area contributed by atoms with E-state index in [4.69, 9.17) is 0 Å². The van der Waals surface area contributed by atoms with Gasteiger partial charge in [0.25, 0.3) is 5.56 Å². The van der Waals surface area contributed by atoms with Crippen LogP contribution in [0.1, 0.15) is 16.7 Å². The summed E-state index contributed by atoms with van der Waals surface area (Å²) in [5.41, 5.74) is -0.351. The minimum Gasteiger partial charge on any atom is -0.311 e. The van der Waals surface area contributed by atoms with Crippen molar-refractivity contribution in [3.05, 3.63) is 75.6 Å². The van der Waals surface area contributed by atoms with Gasteiger partial charge >= 0.3 is 6.18 Å². The van der Waals surface area contributed by atoms with Gasteiger partial charge in [-0.1, -0.05) is 24.3 Å². The molecule has 0 saturated heterocycles. The van der Waals surface area contributed by atoms with Crippen molar-refractivity contribution in [2.75, 3.05) is 0 Å². The summed E-state index contributed by atoms with van der Waals surface area (Å²) in [6.07, 6.45) is -4.79. The maximum Gasteiger partial charge on any atom is 0.417 e. The van der Waals surface area contributed by atoms with E-state index < -0.39 is 27.3 Å². The van der Waals surface area contributed by atoms with E-state index >= 15 is 0 Å². The monoisotopic (exact) mass is 410 g/mol. The number of rotatable bonds is 4. The zero-order chi connectivity index (χ0) is 20.7. The van der Waals surface area contributed by atoms with E-state index in [9.17, 15) is 26.4 Å². The van der Waals surface area contributed by atoms with Crippen molar-refractivity contribution in [2.24, 2.45) is 7.05 Å². The third-order valence-corrected chi connectivity index (χ3v) is 5.95. The highest BCUT2D eigenvalue weighted by Gasteiger charge is 2.34. The molecule has 0 aliphatic heterocycles. The quantitative estimate of drug-likeness (QED) is 0.717. The summed E-state index contributed by atoms with van der Waals surface area (Å²) in [7, 11) is -2.73. The molecule has 1 heterocycles. The predicted octanol–water partition coefficient (Wildman–Crippen LogP) is 3.34. The lowest BCUT2D eigenvalue weighted by atomic mass is 10.1. The molecule has 0 unspecified atom stereocenters. The molecule has 2 aromatic carbocycles. The summed E-state index contributed by atoms with van der Waals surface area (Å²) < 4.78 is 68.7. The molecule has 3 rings (SSSR count). The fourth-order valence-electron chi connectivity index (χ4n) is 2.91. The third kappa shape index (κ3) is 3.81. The van der Waals surface area contributed by atoms with Gasteiger partial charge in [-0.15, -0.1) is 0 Å². The number of hydrogen-bond acceptors (Lipinski definition) is 3. The Bertz CT molecular complexity index is 1220. The van der Waals surface area contributed by atoms with Crippen LogP contribution < -0.4 is 10.3 Å². The number of sulfonamides is 1. The van der Waals surface area contributed by atoms with Crippen LogP contribution in [-0.2, 0) is 29.8 Å². The molecule has 1 N–H and O–H groups in total. The molecule has 5 nitrogen and oxygen atoms in total. The molecule has 9 heteroatoms. The van der Waals surface area contributed by atoms with Crippen molar-refractivity contribution in [1.29, 1.82) is 0 Å². The maximum absolute atomic E-state index is 13.4. The van der Waals surface area contributed by atoms with Gasteiger partial charge in [-0.25, -0.2) is 13.1 Å². The Labute approximate surface area is 159 Å². The Hall–Kier alpha value is -2.65. The van der Waals surface area contributed by atoms with E-state index in [2.05, 4.69) is 4.72 Å². The zero-order valence-electron chi connectivity index (χ0n) is 15.0. The fourth-order valence-corrected chi connectivity index (χ4v) is 3.94. The molecule has 0 amide bonds. The lowest BCUT2D eigenvalue weighted by Crippen LogP contribution is -2.24. The first-order chi connectivity index (χ1) is 13.0. The van der Waals surface area contributed by atoms with E-state index in [0.717, 1.165) is 21.8 Å². The largest absolute Gasteiger partial charge is 0.417 e. The van der Waals surface area contributed by atoms with E-state index in [1.54, 1.807) is 12.1 Å². The molecule has 28 heavy (non-hydrogen) atoms. The number of alkyl halides is 3. The number of nitrogens with one attached hydrogen (secondary N) is 1. The van der Waals surface area contributed by atoms with Gasteiger partial charge in [-0.3, -0.25) is 4.79 Å². The predicted molar refractivity (Wildman–Crippen MR) is 99.4 cm³/mol. The summed E-state index contributed by atoms with van der Waals surface area (Å²) in [6, 6.07) is 11.0. The van der Waals surface area contributed by atoms with Crippen LogP contribution in [0.15, 0.2) is 58.2 Å². The van der Waals surface area contributed by atoms with Crippen LogP contribution in [0.2, 0.25) is 0 Å². The summed E-state index contributed by atoms with van der Waals surface area (Å²) in [6.45, 7) is 1.84. The van der Waals surface area contributed by atoms with E-state index in [0.29, 0.717) is 6.07 Å². The number of halogens is 3. The molecular formula is C19H17F3N2O3S. The Morgan fingerprint density at radius 3 is 2.39 bits per heavy atom. The molecule has 0 saturated carbocycles. The molecule has 0 aliphatic rings. The van der Waals surface area contributed by atoms with Gasteiger partial charge in [-0.2, -0.15) is 13.2 Å². The van der Waals surface area contributed by atoms with Crippen LogP contribution >= 0.6 is 0 Å². The third-order valence-electron chi connectivity index (χ3n) is 4.55. The number of nitrogens with zero attached hydrogens (tertiary/aromatic N) is 1. The Kier molecular flexibility index (Phi) is 5.07. The van der Waals surface area contributed by atoms with Crippen molar-refractivity contribution in [3.8, 4) is 0 Å². The van der Waals surface area contributed by atoms with Crippen molar-refractivity contribution in [1.82, 2.24) is 9.29 Å². The van der Waals surface area contributed by atoms with Crippen molar-refractivity contribution >= 4 is 20.9 Å². The Morgan fingerprint density at radius 2 is 1.75 bits per heavy atom. The molecular weight excluding hydrogens is 393 g/mol. The number of aromatic nitrogens is 1. The van der Waals surface area contributed by atoms with Gasteiger partial charge in [-0.05, 0) is 36.2 Å². The topological polar surface area (TPSA) is 68.2 Å². The number of benzene rings is 2. The summed E-state index contributed by atoms with van der Waals surface area (Å²) in [4.78, 5) is 11.5. The fraction of sp³-hybridized carbons (Fsp3) is 0.211. The average Bonchev–Trinajstić information content (AvgIpc) is 2.62. The smallest absolute Gasteiger partial charge is 0.311 e. The number of aryl methyl sites for hydroxylation is 2. The van der Waals surface area contributed by atoms with Gasteiger partial charge in [0.15, 0.2) is 0 Å². The first-order valence-corrected chi connectivity index (χ1v) is 9.74. The van der Waals surface area contributed by atoms with Gasteiger partial charge < -0.3 is 4.57 Å². The van der Waals surface area contributed by atoms with Crippen LogP contribution in [0.5, 0.6) is 0 Å². The zero-order valence-corrected chi connectivity index (χ0v) is 15.9. The van der Waals surface area contributed by atoms with Crippen molar-refractivity contribution < 1.29 is 21.6 Å². The average molecular weight is 410 g/mol. The van der Waals surface area contributed by atoms with Crippen LogP contribution in [-0.4, -0.2) is 13.0 Å². The van der Waals surface area contributed by atoms with Crippen LogP contribution in [0.25, 0.3) is 10.9 Å². The number of fused-ring (bicyclic) bond motifs is 1. The first kappa shape index (κ1) is 20.1. The molecule has 1 aromatic heterocycles. The highest BCUT2D eigenvalue weighted by Crippen LogP contribution is 2.34. The summed E-state index contributed by atoms with van der Waals surface area (Å²) in [5.74, 6) is 0. The second-order valence-corrected chi connectivity index (χ2v) is 8.15. The maximum atomic E-state index is 13.4. The molecule has 148 valence electrons. The van der Waals surface area contributed by atoms with Gasteiger partial charge in [0.2, 0.25) is 10.0 Å². The minimum absolute atomic E-state index is 0.00215. The van der Waals surface area contributed by atoms with Gasteiger partial charge in [0.1, 0.15) is 0 Å². The lowest BCUT2D eigenvalue weighted by Gasteiger charge is -2.14. The highest BCUT2D eigenvalue weighted by molar-refractivity contribution is 7.89. The lowest BCUT2D eigenvalue weighted by molar-refractivity contribution is -0.136. The van der Waals surface area contributed by atoms with Crippen LogP contribution in [0.4, 0.5) is 13.2 Å². The molecule has 0 atom stereocenters. The summed E-state index contributed by atoms with van der Waals surface area (Å²) >= 11 is 0. The highest BCUT2D eigenvalue weighted by atomic mass is 32.2. The minimum atomic E-state index is -4.79. The summed E-state index contributed by atoms with van der Waals surface area (Å²) in [5, 5.41) is -0.353. The van der Waals surface area contributed by atoms with Crippen molar-refractivity contribution in [2.45, 2.75) is 24.5 Å². The van der Waals surface area contributed by atoms with Gasteiger partial charge in [0, 0.05) is 25.0 Å². The molecule has 0 spiro atoms. The molecule has 0 bridgehead atoms. The first-order valence-electron chi connectivity index (χ1n) is 8.26. The van der Waals surface area contributed by atoms with E-state index in [-0.39, 0.29) is 22.3 Å². The normalized spacial score (nSPS) is 12.5. The molecule has 3 aromatic rings. The van der Waals surface area contributed by atoms with Crippen LogP contribution in [0, 0.1) is 6.92 Å². The number of pyridine rings is 1. The second-order valence-electron chi connectivity index (χ2n) is 6.38. The second kappa shape index (κ2) is 7.06. The Morgan fingerprint density at radius 1 is 1.07 bits per heavy atom. The molecule has 0 aliphatic carbocycles.